The van der Waals surface area contributed by atoms with E-state index in [9.17, 15) is 0 Å². The molecule has 1 nitrogen and oxygen atoms in total. The summed E-state index contributed by atoms with van der Waals surface area (Å²) in [7, 11) is 0. The lowest BCUT2D eigenvalue weighted by atomic mass is 9.85. The van der Waals surface area contributed by atoms with Gasteiger partial charge in [-0.15, -0.1) is 0 Å². The Labute approximate surface area is 139 Å². The minimum Gasteiger partial charge on any atom is -0.289 e. The van der Waals surface area contributed by atoms with Crippen LogP contribution in [0.3, 0.4) is 0 Å². The van der Waals surface area contributed by atoms with Crippen LogP contribution in [0.1, 0.15) is 61.8 Å². The summed E-state index contributed by atoms with van der Waals surface area (Å²) >= 11 is 0. The van der Waals surface area contributed by atoms with Crippen LogP contribution >= 0.6 is 0 Å². The molecule has 0 N–H and O–H groups in total. The molecule has 0 bridgehead atoms. The fraction of sp³-hybridized carbons (Fsp3) is 0.318. The predicted molar refractivity (Wildman–Crippen MR) is 100 cm³/mol. The van der Waals surface area contributed by atoms with Gasteiger partial charge in [-0.05, 0) is 42.5 Å². The third-order valence-electron chi connectivity index (χ3n) is 4.67. The van der Waals surface area contributed by atoms with Crippen molar-refractivity contribution in [3.05, 3.63) is 76.4 Å². The van der Waals surface area contributed by atoms with Gasteiger partial charge >= 0.3 is 0 Å². The van der Waals surface area contributed by atoms with Crippen molar-refractivity contribution in [1.82, 2.24) is 0 Å². The molecule has 0 fully saturated rings. The molecule has 0 aliphatic heterocycles. The van der Waals surface area contributed by atoms with Crippen molar-refractivity contribution < 1.29 is 0 Å². The molecule has 0 radical (unpaired) electrons. The van der Waals surface area contributed by atoms with E-state index in [1.54, 1.807) is 0 Å². The van der Waals surface area contributed by atoms with E-state index in [0.717, 1.165) is 18.7 Å². The highest BCUT2D eigenvalue weighted by Gasteiger charge is 2.25. The van der Waals surface area contributed by atoms with Crippen LogP contribution in [0.15, 0.2) is 59.1 Å². The Morgan fingerprint density at radius 2 is 1.70 bits per heavy atom. The number of aliphatic imine (C=N–C) groups is 1. The van der Waals surface area contributed by atoms with Gasteiger partial charge in [-0.3, -0.25) is 4.99 Å². The summed E-state index contributed by atoms with van der Waals surface area (Å²) in [5.41, 5.74) is 8.01. The Morgan fingerprint density at radius 1 is 1.00 bits per heavy atom. The van der Waals surface area contributed by atoms with E-state index in [1.165, 1.54) is 34.2 Å². The average Bonchev–Trinajstić information content (AvgIpc) is 2.90. The smallest absolute Gasteiger partial charge is 0.0392 e. The van der Waals surface area contributed by atoms with Gasteiger partial charge in [-0.1, -0.05) is 73.5 Å². The lowest BCUT2D eigenvalue weighted by molar-refractivity contribution is 0.807. The van der Waals surface area contributed by atoms with Crippen LogP contribution < -0.4 is 0 Å². The molecular weight excluding hydrogens is 278 g/mol. The molecule has 1 heteroatoms. The van der Waals surface area contributed by atoms with Crippen molar-refractivity contribution in [3.8, 4) is 0 Å². The minimum atomic E-state index is 0.360. The number of hydrogen-bond acceptors (Lipinski definition) is 1. The van der Waals surface area contributed by atoms with Gasteiger partial charge in [0.1, 0.15) is 0 Å². The number of allylic oxidation sites excluding steroid dienone is 1. The lowest BCUT2D eigenvalue weighted by Gasteiger charge is -2.19. The van der Waals surface area contributed by atoms with Crippen LogP contribution in [0.4, 0.5) is 0 Å². The zero-order chi connectivity index (χ0) is 16.2. The fourth-order valence-corrected chi connectivity index (χ4v) is 3.46. The Balaban J connectivity index is 2.02. The molecule has 2 aromatic rings. The zero-order valence-electron chi connectivity index (χ0n) is 14.3. The summed E-state index contributed by atoms with van der Waals surface area (Å²) in [6.07, 6.45) is 4.67. The van der Waals surface area contributed by atoms with Crippen LogP contribution in [0.5, 0.6) is 0 Å². The number of unbranched alkanes of at least 4 members (excludes halogenated alkanes) is 1. The predicted octanol–water partition coefficient (Wildman–Crippen LogP) is 5.84. The maximum Gasteiger partial charge on any atom is 0.0392 e. The quantitative estimate of drug-likeness (QED) is 0.485. The molecule has 0 heterocycles. The van der Waals surface area contributed by atoms with Gasteiger partial charge in [-0.25, -0.2) is 0 Å². The fourth-order valence-electron chi connectivity index (χ4n) is 3.46. The lowest BCUT2D eigenvalue weighted by Crippen LogP contribution is -2.08. The first-order chi connectivity index (χ1) is 11.2. The topological polar surface area (TPSA) is 12.4 Å². The summed E-state index contributed by atoms with van der Waals surface area (Å²) in [5, 5.41) is 0. The number of benzene rings is 2. The Bertz CT molecular complexity index is 752. The maximum atomic E-state index is 4.79. The summed E-state index contributed by atoms with van der Waals surface area (Å²) in [5.74, 6) is 0.360. The Kier molecular flexibility index (Phi) is 4.76. The normalized spacial score (nSPS) is 17.1. The van der Waals surface area contributed by atoms with Crippen molar-refractivity contribution in [3.63, 3.8) is 0 Å². The highest BCUT2D eigenvalue weighted by molar-refractivity contribution is 6.00. The number of hydrogen-bond donors (Lipinski definition) is 0. The third-order valence-corrected chi connectivity index (χ3v) is 4.67. The van der Waals surface area contributed by atoms with Crippen molar-refractivity contribution >= 4 is 11.8 Å². The van der Waals surface area contributed by atoms with Crippen LogP contribution in [-0.2, 0) is 0 Å². The van der Waals surface area contributed by atoms with Crippen LogP contribution in [0.2, 0.25) is 0 Å². The van der Waals surface area contributed by atoms with Gasteiger partial charge in [0.15, 0.2) is 0 Å². The van der Waals surface area contributed by atoms with Gasteiger partial charge in [0.25, 0.3) is 0 Å². The number of rotatable bonds is 5. The van der Waals surface area contributed by atoms with E-state index in [4.69, 9.17) is 4.99 Å². The maximum absolute atomic E-state index is 4.79. The third kappa shape index (κ3) is 3.14. The molecule has 3 rings (SSSR count). The highest BCUT2D eigenvalue weighted by Crippen LogP contribution is 2.41. The van der Waals surface area contributed by atoms with Crippen molar-refractivity contribution in [2.24, 2.45) is 4.99 Å². The molecule has 0 spiro atoms. The molecule has 1 aliphatic carbocycles. The van der Waals surface area contributed by atoms with E-state index in [1.807, 2.05) is 0 Å². The summed E-state index contributed by atoms with van der Waals surface area (Å²) < 4.78 is 0. The highest BCUT2D eigenvalue weighted by atomic mass is 14.7. The Morgan fingerprint density at radius 3 is 2.48 bits per heavy atom. The van der Waals surface area contributed by atoms with Gasteiger partial charge in [0.05, 0.1) is 0 Å². The molecule has 1 aliphatic rings. The minimum absolute atomic E-state index is 0.360. The van der Waals surface area contributed by atoms with Crippen molar-refractivity contribution in [1.29, 1.82) is 0 Å². The van der Waals surface area contributed by atoms with E-state index >= 15 is 0 Å². The molecular formula is C22H25N. The molecule has 2 aromatic carbocycles. The van der Waals surface area contributed by atoms with E-state index in [0.29, 0.717) is 5.92 Å². The van der Waals surface area contributed by atoms with Gasteiger partial charge in [0.2, 0.25) is 0 Å². The first-order valence-electron chi connectivity index (χ1n) is 8.60. The summed E-state index contributed by atoms with van der Waals surface area (Å²) in [4.78, 5) is 4.79. The van der Waals surface area contributed by atoms with Crippen molar-refractivity contribution in [2.75, 3.05) is 6.54 Å². The zero-order valence-corrected chi connectivity index (χ0v) is 14.3. The van der Waals surface area contributed by atoms with Crippen LogP contribution in [0.25, 0.3) is 6.08 Å². The van der Waals surface area contributed by atoms with Gasteiger partial charge in [-0.2, -0.15) is 0 Å². The van der Waals surface area contributed by atoms with E-state index in [2.05, 4.69) is 75.4 Å². The molecule has 0 amide bonds. The van der Waals surface area contributed by atoms with Crippen LogP contribution in [-0.4, -0.2) is 12.3 Å². The van der Waals surface area contributed by atoms with E-state index in [-0.39, 0.29) is 0 Å². The molecule has 1 atom stereocenters. The first-order valence-corrected chi connectivity index (χ1v) is 8.60. The van der Waals surface area contributed by atoms with Crippen molar-refractivity contribution in [2.45, 2.75) is 39.5 Å². The molecule has 0 aromatic heterocycles. The second-order valence-corrected chi connectivity index (χ2v) is 6.36. The first kappa shape index (κ1) is 15.7. The largest absolute Gasteiger partial charge is 0.289 e. The monoisotopic (exact) mass is 303 g/mol. The second-order valence-electron chi connectivity index (χ2n) is 6.36. The summed E-state index contributed by atoms with van der Waals surface area (Å²) in [6, 6.07) is 17.5. The SMILES string of the molecule is CCCCN=C(C)c1ccccc1C1C(C)=Cc2ccccc21. The second kappa shape index (κ2) is 6.95. The average molecular weight is 303 g/mol. The standard InChI is InChI=1S/C22H25N/c1-4-5-14-23-17(3)19-11-8-9-13-21(19)22-16(2)15-18-10-6-7-12-20(18)22/h6-13,15,22H,4-5,14H2,1-3H3. The Hall–Kier alpha value is -2.15. The molecule has 23 heavy (non-hydrogen) atoms. The number of fused-ring (bicyclic) bond motifs is 1. The van der Waals surface area contributed by atoms with Crippen LogP contribution in [0, 0.1) is 0 Å². The van der Waals surface area contributed by atoms with E-state index < -0.39 is 0 Å². The molecule has 0 saturated carbocycles. The molecule has 0 saturated heterocycles. The molecule has 1 unspecified atom stereocenters. The summed E-state index contributed by atoms with van der Waals surface area (Å²) in [6.45, 7) is 7.52. The molecule has 118 valence electrons. The number of nitrogens with zero attached hydrogens (tertiary/aromatic N) is 1. The van der Waals surface area contributed by atoms with Gasteiger partial charge in [0, 0.05) is 18.2 Å². The van der Waals surface area contributed by atoms with Gasteiger partial charge < -0.3 is 0 Å².